The zero-order valence-corrected chi connectivity index (χ0v) is 20.4. The van der Waals surface area contributed by atoms with Crippen LogP contribution in [0.2, 0.25) is 0 Å². The van der Waals surface area contributed by atoms with Crippen molar-refractivity contribution in [2.24, 2.45) is 17.8 Å². The van der Waals surface area contributed by atoms with Crippen LogP contribution in [-0.2, 0) is 6.42 Å². The molecule has 1 aliphatic heterocycles. The third-order valence-electron chi connectivity index (χ3n) is 7.05. The van der Waals surface area contributed by atoms with E-state index in [-0.39, 0.29) is 17.7 Å². The first kappa shape index (κ1) is 15.6. The van der Waals surface area contributed by atoms with Crippen molar-refractivity contribution >= 4 is 0 Å². The van der Waals surface area contributed by atoms with Crippen LogP contribution in [0.3, 0.4) is 0 Å². The van der Waals surface area contributed by atoms with Crippen molar-refractivity contribution in [3.63, 3.8) is 0 Å². The molecule has 178 valence electrons. The molecule has 31 heavy (non-hydrogen) atoms. The number of aromatic hydroxyl groups is 1. The molecular weight excluding hydrogens is 380 g/mol. The van der Waals surface area contributed by atoms with Crippen LogP contribution in [0.25, 0.3) is 0 Å². The summed E-state index contributed by atoms with van der Waals surface area (Å²) in [6.45, 7) is 2.21. The fourth-order valence-electron chi connectivity index (χ4n) is 4.78. The highest BCUT2D eigenvalue weighted by molar-refractivity contribution is 5.58. The van der Waals surface area contributed by atoms with Gasteiger partial charge in [0, 0.05) is 17.9 Å². The Hall–Kier alpha value is -1.18. The number of rotatable bonds is 12. The largest absolute Gasteiger partial charge is 0.507 e. The van der Waals surface area contributed by atoms with E-state index in [1.54, 1.807) is 0 Å². The van der Waals surface area contributed by atoms with E-state index in [1.807, 2.05) is 6.92 Å². The molecule has 2 heteroatoms. The smallest absolute Gasteiger partial charge is 0.127 e. The molecule has 0 bridgehead atoms. The quantitative estimate of drug-likeness (QED) is 0.352. The second-order valence-corrected chi connectivity index (χ2v) is 10.7. The van der Waals surface area contributed by atoms with Gasteiger partial charge >= 0.3 is 0 Å². The molecule has 0 radical (unpaired) electrons. The molecule has 0 aromatic heterocycles. The van der Waals surface area contributed by atoms with Gasteiger partial charge in [-0.3, -0.25) is 0 Å². The number of hydrogen-bond donors (Lipinski definition) is 1. The van der Waals surface area contributed by atoms with Gasteiger partial charge in [-0.05, 0) is 87.6 Å². The average Bonchev–Trinajstić information content (AvgIpc) is 2.75. The van der Waals surface area contributed by atoms with Crippen LogP contribution in [-0.4, -0.2) is 10.7 Å². The summed E-state index contributed by atoms with van der Waals surface area (Å²) in [6, 6.07) is 0. The minimum absolute atomic E-state index is 0.0741. The summed E-state index contributed by atoms with van der Waals surface area (Å²) in [5, 5.41) is 10.8. The maximum absolute atomic E-state index is 10.8. The number of fused-ring (bicyclic) bond motifs is 1. The molecule has 3 atom stereocenters. The predicted molar refractivity (Wildman–Crippen MR) is 134 cm³/mol. The number of benzene rings is 1. The minimum atomic E-state index is -3.04. The average molecular weight is 440 g/mol. The van der Waals surface area contributed by atoms with Gasteiger partial charge in [-0.2, -0.15) is 0 Å². The van der Waals surface area contributed by atoms with Crippen molar-refractivity contribution in [3.05, 3.63) is 22.3 Å². The molecule has 2 rings (SSSR count). The molecule has 3 unspecified atom stereocenters. The van der Waals surface area contributed by atoms with Gasteiger partial charge < -0.3 is 9.84 Å². The van der Waals surface area contributed by atoms with E-state index < -0.39 is 48.6 Å². The first-order chi connectivity index (χ1) is 18.2. The maximum Gasteiger partial charge on any atom is 0.127 e. The molecule has 2 nitrogen and oxygen atoms in total. The number of hydrogen-bond acceptors (Lipinski definition) is 2. The Morgan fingerprint density at radius 3 is 2.03 bits per heavy atom. The van der Waals surface area contributed by atoms with Crippen LogP contribution < -0.4 is 4.74 Å². The lowest BCUT2D eigenvalue weighted by Crippen LogP contribution is -2.37. The lowest BCUT2D eigenvalue weighted by atomic mass is 9.84. The van der Waals surface area contributed by atoms with Gasteiger partial charge in [0.2, 0.25) is 0 Å². The van der Waals surface area contributed by atoms with E-state index in [0.717, 1.165) is 31.1 Å². The Kier molecular flexibility index (Phi) is 5.85. The molecule has 0 saturated carbocycles. The first-order valence-corrected chi connectivity index (χ1v) is 12.3. The Labute approximate surface area is 205 Å². The minimum Gasteiger partial charge on any atom is -0.507 e. The molecule has 1 aliphatic rings. The van der Waals surface area contributed by atoms with E-state index in [1.165, 1.54) is 32.1 Å². The second kappa shape index (κ2) is 11.6. The van der Waals surface area contributed by atoms with E-state index in [9.17, 15) is 5.11 Å². The molecule has 0 spiro atoms. The van der Waals surface area contributed by atoms with E-state index in [2.05, 4.69) is 27.7 Å². The summed E-state index contributed by atoms with van der Waals surface area (Å²) in [4.78, 5) is 0. The van der Waals surface area contributed by atoms with Gasteiger partial charge in [0.1, 0.15) is 17.1 Å². The second-order valence-electron chi connectivity index (χ2n) is 10.7. The zero-order valence-electron chi connectivity index (χ0n) is 29.4. The summed E-state index contributed by atoms with van der Waals surface area (Å²) in [7, 11) is 0. The molecule has 1 heterocycles. The Morgan fingerprint density at radius 2 is 1.45 bits per heavy atom. The highest BCUT2D eigenvalue weighted by Crippen LogP contribution is 2.44. The monoisotopic (exact) mass is 439 g/mol. The van der Waals surface area contributed by atoms with Crippen molar-refractivity contribution in [2.45, 2.75) is 131 Å². The molecule has 0 saturated heterocycles. The van der Waals surface area contributed by atoms with Crippen molar-refractivity contribution in [2.75, 3.05) is 0 Å². The van der Waals surface area contributed by atoms with Crippen molar-refractivity contribution in [3.8, 4) is 11.5 Å². The van der Waals surface area contributed by atoms with Crippen LogP contribution in [0.4, 0.5) is 0 Å². The lowest BCUT2D eigenvalue weighted by molar-refractivity contribution is 0.0512. The molecule has 1 N–H and O–H groups in total. The van der Waals surface area contributed by atoms with Gasteiger partial charge in [-0.15, -0.1) is 0 Å². The Balaban J connectivity index is 2.16. The van der Waals surface area contributed by atoms with Gasteiger partial charge in [-0.25, -0.2) is 0 Å². The SMILES string of the molecule is [2H]C([2H])([2H])c1c(O)c(C([2H])([2H])[2H])c(C([2H])([2H])[2H])c2c1CCC(C)(CCCC(C)CCCC(C)CCCC(C)C)O2. The summed E-state index contributed by atoms with van der Waals surface area (Å²) in [6.07, 6.45) is 10.6. The van der Waals surface area contributed by atoms with Crippen molar-refractivity contribution in [1.29, 1.82) is 0 Å². The highest BCUT2D eigenvalue weighted by atomic mass is 16.5. The van der Waals surface area contributed by atoms with E-state index in [0.29, 0.717) is 18.8 Å². The number of phenolic OH excluding ortho intramolecular Hbond substituents is 1. The molecule has 0 aliphatic carbocycles. The first-order valence-electron chi connectivity index (χ1n) is 16.8. The molecule has 0 amide bonds. The van der Waals surface area contributed by atoms with E-state index >= 15 is 0 Å². The lowest BCUT2D eigenvalue weighted by Gasteiger charge is -2.38. The van der Waals surface area contributed by atoms with Crippen molar-refractivity contribution < 1.29 is 22.2 Å². The molecule has 1 aromatic carbocycles. The zero-order chi connectivity index (χ0) is 30.7. The molecular formula is C29H50O2. The maximum atomic E-state index is 10.8. The van der Waals surface area contributed by atoms with Gasteiger partial charge in [0.25, 0.3) is 0 Å². The fraction of sp³-hybridized carbons (Fsp3) is 0.793. The fourth-order valence-corrected chi connectivity index (χ4v) is 4.78. The van der Waals surface area contributed by atoms with Crippen LogP contribution >= 0.6 is 0 Å². The number of phenols is 1. The summed E-state index contributed by atoms with van der Waals surface area (Å²) in [5.41, 5.74) is -2.67. The Bertz CT molecular complexity index is 980. The molecule has 1 aromatic rings. The third-order valence-corrected chi connectivity index (χ3v) is 7.05. The summed E-state index contributed by atoms with van der Waals surface area (Å²) >= 11 is 0. The Morgan fingerprint density at radius 1 is 0.871 bits per heavy atom. The van der Waals surface area contributed by atoms with Crippen LogP contribution in [0.1, 0.15) is 133 Å². The molecule has 0 fully saturated rings. The predicted octanol–water partition coefficient (Wildman–Crippen LogP) is 8.84. The number of ether oxygens (including phenoxy) is 1. The van der Waals surface area contributed by atoms with Crippen molar-refractivity contribution in [1.82, 2.24) is 0 Å². The van der Waals surface area contributed by atoms with Crippen LogP contribution in [0.15, 0.2) is 0 Å². The normalized spacial score (nSPS) is 25.9. The highest BCUT2D eigenvalue weighted by Gasteiger charge is 2.34. The van der Waals surface area contributed by atoms with Gasteiger partial charge in [0.05, 0.1) is 0 Å². The topological polar surface area (TPSA) is 29.5 Å². The standard InChI is InChI=1S/C29H50O2/c1-20(2)12-9-13-21(3)14-10-15-22(4)16-11-18-29(8)19-17-26-25(7)27(30)23(5)24(6)28(26)31-29/h20-22,30H,9-19H2,1-8H3/i5D3,6D3,7D3. The summed E-state index contributed by atoms with van der Waals surface area (Å²) < 4.78 is 78.2. The third kappa shape index (κ3) is 7.43. The van der Waals surface area contributed by atoms with Gasteiger partial charge in [-0.1, -0.05) is 72.6 Å². The summed E-state index contributed by atoms with van der Waals surface area (Å²) in [5.74, 6) is 0.854. The van der Waals surface area contributed by atoms with Crippen LogP contribution in [0, 0.1) is 38.3 Å². The van der Waals surface area contributed by atoms with Gasteiger partial charge in [0.15, 0.2) is 0 Å². The van der Waals surface area contributed by atoms with Crippen LogP contribution in [0.5, 0.6) is 11.5 Å². The van der Waals surface area contributed by atoms with E-state index in [4.69, 9.17) is 17.1 Å².